The molecule has 0 spiro atoms. The summed E-state index contributed by atoms with van der Waals surface area (Å²) in [5.41, 5.74) is 2.05. The standard InChI is InChI=1S/C21H16FN3O3/c22-16-7-5-14(6-8-16)17-9-10-20(25-24-17)27-12-11-23-21(26)19-13-15-3-1-2-4-18(15)28-19/h1-10,13H,11-12H2,(H,23,26). The van der Waals surface area contributed by atoms with E-state index in [-0.39, 0.29) is 30.6 Å². The molecule has 0 saturated carbocycles. The van der Waals surface area contributed by atoms with Crippen LogP contribution in [0.4, 0.5) is 4.39 Å². The molecule has 0 bridgehead atoms. The molecule has 0 aliphatic rings. The summed E-state index contributed by atoms with van der Waals surface area (Å²) in [4.78, 5) is 12.1. The third-order valence-corrected chi connectivity index (χ3v) is 4.07. The SMILES string of the molecule is O=C(NCCOc1ccc(-c2ccc(F)cc2)nn1)c1cc2ccccc2o1. The molecule has 0 unspecified atom stereocenters. The van der Waals surface area contributed by atoms with Gasteiger partial charge in [0.15, 0.2) is 5.76 Å². The number of benzene rings is 2. The largest absolute Gasteiger partial charge is 0.475 e. The predicted octanol–water partition coefficient (Wildman–Crippen LogP) is 3.84. The lowest BCUT2D eigenvalue weighted by molar-refractivity contribution is 0.0921. The van der Waals surface area contributed by atoms with Crippen LogP contribution in [0, 0.1) is 5.82 Å². The van der Waals surface area contributed by atoms with Crippen molar-refractivity contribution in [2.24, 2.45) is 0 Å². The molecular formula is C21H16FN3O3. The Labute approximate surface area is 160 Å². The van der Waals surface area contributed by atoms with Crippen molar-refractivity contribution in [3.63, 3.8) is 0 Å². The summed E-state index contributed by atoms with van der Waals surface area (Å²) in [6.07, 6.45) is 0. The summed E-state index contributed by atoms with van der Waals surface area (Å²) in [5.74, 6) is -0.0209. The predicted molar refractivity (Wildman–Crippen MR) is 101 cm³/mol. The molecule has 140 valence electrons. The second-order valence-electron chi connectivity index (χ2n) is 6.02. The fourth-order valence-corrected chi connectivity index (χ4v) is 2.67. The van der Waals surface area contributed by atoms with Gasteiger partial charge in [0.1, 0.15) is 18.0 Å². The van der Waals surface area contributed by atoms with Crippen LogP contribution in [-0.4, -0.2) is 29.3 Å². The quantitative estimate of drug-likeness (QED) is 0.517. The van der Waals surface area contributed by atoms with Crippen LogP contribution in [0.25, 0.3) is 22.2 Å². The number of carbonyl (C=O) groups excluding carboxylic acids is 1. The number of hydrogen-bond donors (Lipinski definition) is 1. The second-order valence-corrected chi connectivity index (χ2v) is 6.02. The fourth-order valence-electron chi connectivity index (χ4n) is 2.67. The highest BCUT2D eigenvalue weighted by Crippen LogP contribution is 2.19. The highest BCUT2D eigenvalue weighted by Gasteiger charge is 2.11. The molecule has 0 fully saturated rings. The molecule has 6 nitrogen and oxygen atoms in total. The first kappa shape index (κ1) is 17.7. The van der Waals surface area contributed by atoms with E-state index in [0.717, 1.165) is 10.9 Å². The number of nitrogens with zero attached hydrogens (tertiary/aromatic N) is 2. The van der Waals surface area contributed by atoms with Crippen LogP contribution >= 0.6 is 0 Å². The summed E-state index contributed by atoms with van der Waals surface area (Å²) in [6.45, 7) is 0.522. The number of halogens is 1. The maximum Gasteiger partial charge on any atom is 0.287 e. The normalized spacial score (nSPS) is 10.8. The Balaban J connectivity index is 1.28. The van der Waals surface area contributed by atoms with Crippen molar-refractivity contribution < 1.29 is 18.3 Å². The lowest BCUT2D eigenvalue weighted by atomic mass is 10.1. The smallest absolute Gasteiger partial charge is 0.287 e. The third kappa shape index (κ3) is 3.98. The van der Waals surface area contributed by atoms with Gasteiger partial charge < -0.3 is 14.5 Å². The first-order valence-corrected chi connectivity index (χ1v) is 8.68. The van der Waals surface area contributed by atoms with Crippen LogP contribution in [0.3, 0.4) is 0 Å². The number of nitrogens with one attached hydrogen (secondary N) is 1. The molecular weight excluding hydrogens is 361 g/mol. The average Bonchev–Trinajstić information content (AvgIpc) is 3.17. The van der Waals surface area contributed by atoms with Crippen LogP contribution in [0.5, 0.6) is 5.88 Å². The van der Waals surface area contributed by atoms with Gasteiger partial charge >= 0.3 is 0 Å². The van der Waals surface area contributed by atoms with E-state index in [0.29, 0.717) is 17.2 Å². The highest BCUT2D eigenvalue weighted by molar-refractivity contribution is 5.96. The van der Waals surface area contributed by atoms with E-state index >= 15 is 0 Å². The number of fused-ring (bicyclic) bond motifs is 1. The monoisotopic (exact) mass is 377 g/mol. The number of aromatic nitrogens is 2. The van der Waals surface area contributed by atoms with Gasteiger partial charge in [-0.15, -0.1) is 10.2 Å². The average molecular weight is 377 g/mol. The number of rotatable bonds is 6. The minimum Gasteiger partial charge on any atom is -0.475 e. The first-order valence-electron chi connectivity index (χ1n) is 8.68. The molecule has 0 radical (unpaired) electrons. The minimum absolute atomic E-state index is 0.233. The Kier molecular flexibility index (Phi) is 4.97. The molecule has 7 heteroatoms. The zero-order chi connectivity index (χ0) is 19.3. The van der Waals surface area contributed by atoms with E-state index in [9.17, 15) is 9.18 Å². The maximum atomic E-state index is 13.0. The van der Waals surface area contributed by atoms with Gasteiger partial charge in [0, 0.05) is 17.0 Å². The van der Waals surface area contributed by atoms with Crippen molar-refractivity contribution in [3.8, 4) is 17.1 Å². The van der Waals surface area contributed by atoms with Crippen molar-refractivity contribution >= 4 is 16.9 Å². The zero-order valence-electron chi connectivity index (χ0n) is 14.8. The van der Waals surface area contributed by atoms with Crippen LogP contribution in [0.15, 0.2) is 71.1 Å². The van der Waals surface area contributed by atoms with Crippen molar-refractivity contribution in [2.45, 2.75) is 0 Å². The number of para-hydroxylation sites is 1. The Morgan fingerprint density at radius 3 is 2.61 bits per heavy atom. The first-order chi connectivity index (χ1) is 13.7. The van der Waals surface area contributed by atoms with Crippen molar-refractivity contribution in [3.05, 3.63) is 78.3 Å². The molecule has 1 N–H and O–H groups in total. The number of hydrogen-bond acceptors (Lipinski definition) is 5. The number of carbonyl (C=O) groups is 1. The van der Waals surface area contributed by atoms with E-state index in [1.807, 2.05) is 24.3 Å². The van der Waals surface area contributed by atoms with Crippen LogP contribution in [0.1, 0.15) is 10.6 Å². The fraction of sp³-hybridized carbons (Fsp3) is 0.0952. The summed E-state index contributed by atoms with van der Waals surface area (Å²) >= 11 is 0. The molecule has 0 aliphatic carbocycles. The van der Waals surface area contributed by atoms with Gasteiger partial charge in [0.05, 0.1) is 12.2 Å². The van der Waals surface area contributed by atoms with E-state index in [2.05, 4.69) is 15.5 Å². The molecule has 0 saturated heterocycles. The molecule has 4 aromatic rings. The minimum atomic E-state index is -0.308. The molecule has 0 aliphatic heterocycles. The summed E-state index contributed by atoms with van der Waals surface area (Å²) in [7, 11) is 0. The topological polar surface area (TPSA) is 77.2 Å². The second kappa shape index (κ2) is 7.87. The van der Waals surface area contributed by atoms with E-state index in [4.69, 9.17) is 9.15 Å². The van der Waals surface area contributed by atoms with E-state index in [1.165, 1.54) is 12.1 Å². The van der Waals surface area contributed by atoms with Gasteiger partial charge in [-0.2, -0.15) is 0 Å². The molecule has 2 aromatic carbocycles. The summed E-state index contributed by atoms with van der Waals surface area (Å²) < 4.78 is 24.0. The number of amides is 1. The zero-order valence-corrected chi connectivity index (χ0v) is 14.8. The van der Waals surface area contributed by atoms with E-state index in [1.54, 1.807) is 30.3 Å². The molecule has 4 rings (SSSR count). The van der Waals surface area contributed by atoms with Gasteiger partial charge in [-0.1, -0.05) is 18.2 Å². The maximum absolute atomic E-state index is 13.0. The number of furan rings is 1. The highest BCUT2D eigenvalue weighted by atomic mass is 19.1. The lowest BCUT2D eigenvalue weighted by Gasteiger charge is -2.06. The Bertz CT molecular complexity index is 1060. The van der Waals surface area contributed by atoms with Crippen LogP contribution in [-0.2, 0) is 0 Å². The molecule has 0 atom stereocenters. The van der Waals surface area contributed by atoms with Gasteiger partial charge in [-0.05, 0) is 42.5 Å². The van der Waals surface area contributed by atoms with Gasteiger partial charge in [-0.3, -0.25) is 4.79 Å². The van der Waals surface area contributed by atoms with Crippen molar-refractivity contribution in [2.75, 3.05) is 13.2 Å². The Hall–Kier alpha value is -3.74. The van der Waals surface area contributed by atoms with Gasteiger partial charge in [0.2, 0.25) is 5.88 Å². The van der Waals surface area contributed by atoms with Gasteiger partial charge in [-0.25, -0.2) is 4.39 Å². The lowest BCUT2D eigenvalue weighted by Crippen LogP contribution is -2.27. The molecule has 2 aromatic heterocycles. The van der Waals surface area contributed by atoms with Crippen LogP contribution in [0.2, 0.25) is 0 Å². The van der Waals surface area contributed by atoms with Crippen molar-refractivity contribution in [1.82, 2.24) is 15.5 Å². The molecule has 1 amide bonds. The number of ether oxygens (including phenoxy) is 1. The van der Waals surface area contributed by atoms with Gasteiger partial charge in [0.25, 0.3) is 5.91 Å². The summed E-state index contributed by atoms with van der Waals surface area (Å²) in [6, 6.07) is 18.5. The van der Waals surface area contributed by atoms with E-state index < -0.39 is 0 Å². The Morgan fingerprint density at radius 2 is 1.86 bits per heavy atom. The Morgan fingerprint density at radius 1 is 1.04 bits per heavy atom. The van der Waals surface area contributed by atoms with Crippen molar-refractivity contribution in [1.29, 1.82) is 0 Å². The molecule has 2 heterocycles. The summed E-state index contributed by atoms with van der Waals surface area (Å²) in [5, 5.41) is 11.7. The molecule has 28 heavy (non-hydrogen) atoms. The van der Waals surface area contributed by atoms with Crippen LogP contribution < -0.4 is 10.1 Å². The third-order valence-electron chi connectivity index (χ3n) is 4.07.